The second-order valence-corrected chi connectivity index (χ2v) is 6.03. The van der Waals surface area contributed by atoms with Crippen LogP contribution in [-0.2, 0) is 0 Å². The van der Waals surface area contributed by atoms with Gasteiger partial charge in [-0.05, 0) is 33.4 Å². The van der Waals surface area contributed by atoms with Gasteiger partial charge in [0.15, 0.2) is 0 Å². The predicted octanol–water partition coefficient (Wildman–Crippen LogP) is 4.38. The average molecular weight is 294 g/mol. The fourth-order valence-electron chi connectivity index (χ4n) is 2.53. The molecule has 0 aliphatic carbocycles. The monoisotopic (exact) mass is 294 g/mol. The van der Waals surface area contributed by atoms with E-state index in [1.807, 2.05) is 12.1 Å². The van der Waals surface area contributed by atoms with Gasteiger partial charge in [0.25, 0.3) is 0 Å². The Bertz CT molecular complexity index is 395. The van der Waals surface area contributed by atoms with Crippen molar-refractivity contribution >= 4 is 0 Å². The third-order valence-corrected chi connectivity index (χ3v) is 4.21. The molecular weight excluding hydrogens is 263 g/mol. The maximum absolute atomic E-state index is 13.8. The normalized spacial score (nSPS) is 14.4. The topological polar surface area (TPSA) is 15.3 Å². The van der Waals surface area contributed by atoms with Gasteiger partial charge in [-0.25, -0.2) is 4.39 Å². The Morgan fingerprint density at radius 3 is 2.57 bits per heavy atom. The molecule has 2 atom stereocenters. The molecule has 0 bridgehead atoms. The molecule has 21 heavy (non-hydrogen) atoms. The molecule has 0 fully saturated rings. The van der Waals surface area contributed by atoms with Crippen molar-refractivity contribution in [1.29, 1.82) is 0 Å². The molecule has 0 aromatic heterocycles. The third kappa shape index (κ3) is 6.58. The van der Waals surface area contributed by atoms with E-state index in [2.05, 4.69) is 38.0 Å². The first-order valence-electron chi connectivity index (χ1n) is 8.24. The van der Waals surface area contributed by atoms with Gasteiger partial charge in [-0.3, -0.25) is 4.90 Å². The maximum Gasteiger partial charge on any atom is 0.127 e. The van der Waals surface area contributed by atoms with Crippen molar-refractivity contribution in [2.75, 3.05) is 20.1 Å². The fourth-order valence-corrected chi connectivity index (χ4v) is 2.53. The van der Waals surface area contributed by atoms with Crippen molar-refractivity contribution in [3.63, 3.8) is 0 Å². The second-order valence-electron chi connectivity index (χ2n) is 6.03. The summed E-state index contributed by atoms with van der Waals surface area (Å²) in [6, 6.07) is 7.71. The Hall–Kier alpha value is -0.930. The minimum absolute atomic E-state index is 0.100. The molecule has 1 aromatic rings. The molecule has 0 saturated carbocycles. The molecule has 1 rings (SSSR count). The lowest BCUT2D eigenvalue weighted by molar-refractivity contribution is 0.252. The largest absolute Gasteiger partial charge is 0.313 e. The number of hydrogen-bond acceptors (Lipinski definition) is 2. The van der Waals surface area contributed by atoms with Crippen LogP contribution < -0.4 is 5.32 Å². The smallest absolute Gasteiger partial charge is 0.127 e. The minimum atomic E-state index is -0.113. The van der Waals surface area contributed by atoms with Gasteiger partial charge in [0.1, 0.15) is 5.82 Å². The van der Waals surface area contributed by atoms with Crippen LogP contribution in [0.4, 0.5) is 4.39 Å². The number of likely N-dealkylation sites (N-methyl/N-ethyl adjacent to an activating group) is 1. The fraction of sp³-hybridized carbons (Fsp3) is 0.667. The summed E-state index contributed by atoms with van der Waals surface area (Å²) < 4.78 is 13.8. The molecule has 3 heteroatoms. The van der Waals surface area contributed by atoms with E-state index < -0.39 is 0 Å². The van der Waals surface area contributed by atoms with Crippen molar-refractivity contribution in [2.45, 2.75) is 58.5 Å². The van der Waals surface area contributed by atoms with Crippen LogP contribution >= 0.6 is 0 Å². The van der Waals surface area contributed by atoms with Gasteiger partial charge in [0, 0.05) is 30.7 Å². The van der Waals surface area contributed by atoms with Crippen LogP contribution in [0, 0.1) is 5.82 Å². The molecule has 0 saturated heterocycles. The molecule has 0 spiro atoms. The zero-order chi connectivity index (χ0) is 15.7. The molecular formula is C18H31FN2. The van der Waals surface area contributed by atoms with E-state index in [-0.39, 0.29) is 11.9 Å². The molecule has 0 aliphatic rings. The molecule has 1 N–H and O–H groups in total. The molecule has 2 unspecified atom stereocenters. The zero-order valence-corrected chi connectivity index (χ0v) is 14.0. The molecule has 0 aliphatic heterocycles. The Kier molecular flexibility index (Phi) is 8.55. The summed E-state index contributed by atoms with van der Waals surface area (Å²) in [4.78, 5) is 2.20. The molecule has 120 valence electrons. The van der Waals surface area contributed by atoms with Gasteiger partial charge >= 0.3 is 0 Å². The standard InChI is InChI=1S/C18H31FN2/c1-5-6-7-10-15(2)20-13-14-21(4)16(3)17-11-8-9-12-18(17)19/h8-9,11-12,15-16,20H,5-7,10,13-14H2,1-4H3. The number of benzene rings is 1. The number of nitrogens with one attached hydrogen (secondary N) is 1. The van der Waals surface area contributed by atoms with Crippen LogP contribution in [0.15, 0.2) is 24.3 Å². The molecule has 0 amide bonds. The van der Waals surface area contributed by atoms with Crippen LogP contribution in [0.2, 0.25) is 0 Å². The van der Waals surface area contributed by atoms with Crippen molar-refractivity contribution < 1.29 is 4.39 Å². The first-order chi connectivity index (χ1) is 10.1. The van der Waals surface area contributed by atoms with E-state index >= 15 is 0 Å². The van der Waals surface area contributed by atoms with Gasteiger partial charge in [-0.1, -0.05) is 44.4 Å². The van der Waals surface area contributed by atoms with E-state index in [1.165, 1.54) is 31.7 Å². The Morgan fingerprint density at radius 1 is 1.19 bits per heavy atom. The molecule has 1 aromatic carbocycles. The Balaban J connectivity index is 2.30. The van der Waals surface area contributed by atoms with Crippen LogP contribution in [0.1, 0.15) is 58.1 Å². The van der Waals surface area contributed by atoms with E-state index in [9.17, 15) is 4.39 Å². The first-order valence-corrected chi connectivity index (χ1v) is 8.24. The van der Waals surface area contributed by atoms with Crippen LogP contribution in [0.25, 0.3) is 0 Å². The predicted molar refractivity (Wildman–Crippen MR) is 89.1 cm³/mol. The quantitative estimate of drug-likeness (QED) is 0.644. The highest BCUT2D eigenvalue weighted by Crippen LogP contribution is 2.20. The van der Waals surface area contributed by atoms with Gasteiger partial charge < -0.3 is 5.32 Å². The number of nitrogens with zero attached hydrogens (tertiary/aromatic N) is 1. The number of rotatable bonds is 10. The van der Waals surface area contributed by atoms with E-state index in [0.717, 1.165) is 18.7 Å². The summed E-state index contributed by atoms with van der Waals surface area (Å²) in [5.41, 5.74) is 0.774. The summed E-state index contributed by atoms with van der Waals surface area (Å²) >= 11 is 0. The number of unbranched alkanes of at least 4 members (excludes halogenated alkanes) is 2. The lowest BCUT2D eigenvalue weighted by Crippen LogP contribution is -2.35. The lowest BCUT2D eigenvalue weighted by Gasteiger charge is -2.26. The summed E-state index contributed by atoms with van der Waals surface area (Å²) in [7, 11) is 2.06. The number of halogens is 1. The average Bonchev–Trinajstić information content (AvgIpc) is 2.47. The molecule has 2 nitrogen and oxygen atoms in total. The summed E-state index contributed by atoms with van der Waals surface area (Å²) in [6.45, 7) is 8.41. The van der Waals surface area contributed by atoms with Crippen molar-refractivity contribution in [3.05, 3.63) is 35.6 Å². The van der Waals surface area contributed by atoms with Gasteiger partial charge in [-0.2, -0.15) is 0 Å². The van der Waals surface area contributed by atoms with Gasteiger partial charge in [-0.15, -0.1) is 0 Å². The summed E-state index contributed by atoms with van der Waals surface area (Å²) in [6.07, 6.45) is 5.12. The zero-order valence-electron chi connectivity index (χ0n) is 14.0. The van der Waals surface area contributed by atoms with E-state index in [0.29, 0.717) is 6.04 Å². The van der Waals surface area contributed by atoms with Crippen LogP contribution in [-0.4, -0.2) is 31.1 Å². The summed E-state index contributed by atoms with van der Waals surface area (Å²) in [5.74, 6) is -0.113. The second kappa shape index (κ2) is 9.91. The number of hydrogen-bond donors (Lipinski definition) is 1. The first kappa shape index (κ1) is 18.1. The maximum atomic E-state index is 13.8. The Morgan fingerprint density at radius 2 is 1.90 bits per heavy atom. The van der Waals surface area contributed by atoms with Crippen molar-refractivity contribution in [2.24, 2.45) is 0 Å². The highest BCUT2D eigenvalue weighted by Gasteiger charge is 2.14. The van der Waals surface area contributed by atoms with Crippen molar-refractivity contribution in [1.82, 2.24) is 10.2 Å². The van der Waals surface area contributed by atoms with E-state index in [4.69, 9.17) is 0 Å². The summed E-state index contributed by atoms with van der Waals surface area (Å²) in [5, 5.41) is 3.56. The van der Waals surface area contributed by atoms with Gasteiger partial charge in [0.05, 0.1) is 0 Å². The minimum Gasteiger partial charge on any atom is -0.313 e. The molecule has 0 radical (unpaired) electrons. The Labute approximate surface area is 129 Å². The highest BCUT2D eigenvalue weighted by atomic mass is 19.1. The van der Waals surface area contributed by atoms with Crippen LogP contribution in [0.3, 0.4) is 0 Å². The third-order valence-electron chi connectivity index (χ3n) is 4.21. The van der Waals surface area contributed by atoms with Crippen molar-refractivity contribution in [3.8, 4) is 0 Å². The van der Waals surface area contributed by atoms with Gasteiger partial charge in [0.2, 0.25) is 0 Å². The van der Waals surface area contributed by atoms with Crippen LogP contribution in [0.5, 0.6) is 0 Å². The van der Waals surface area contributed by atoms with E-state index in [1.54, 1.807) is 6.07 Å². The SMILES string of the molecule is CCCCCC(C)NCCN(C)C(C)c1ccccc1F. The molecule has 0 heterocycles. The lowest BCUT2D eigenvalue weighted by atomic mass is 10.1. The highest BCUT2D eigenvalue weighted by molar-refractivity contribution is 5.20.